The highest BCUT2D eigenvalue weighted by Crippen LogP contribution is 2.33. The van der Waals surface area contributed by atoms with Gasteiger partial charge in [0, 0.05) is 11.4 Å². The molecule has 0 aliphatic carbocycles. The first-order valence-electron chi connectivity index (χ1n) is 4.95. The van der Waals surface area contributed by atoms with Gasteiger partial charge in [0.05, 0.1) is 11.3 Å². The molecule has 17 heavy (non-hydrogen) atoms. The van der Waals surface area contributed by atoms with E-state index in [1.165, 1.54) is 13.0 Å². The number of hydrogen-bond donors (Lipinski definition) is 1. The summed E-state index contributed by atoms with van der Waals surface area (Å²) in [6.45, 7) is 5.23. The van der Waals surface area contributed by atoms with E-state index < -0.39 is 17.6 Å². The fourth-order valence-electron chi connectivity index (χ4n) is 0.987. The molecule has 0 aliphatic rings. The van der Waals surface area contributed by atoms with Crippen LogP contribution < -0.4 is 5.32 Å². The maximum absolute atomic E-state index is 12.3. The Balaban J connectivity index is 0.00000121. The van der Waals surface area contributed by atoms with Gasteiger partial charge in [0.15, 0.2) is 0 Å². The summed E-state index contributed by atoms with van der Waals surface area (Å²) >= 11 is 3.04. The lowest BCUT2D eigenvalue weighted by Gasteiger charge is -2.10. The Kier molecular flexibility index (Phi) is 6.23. The lowest BCUT2D eigenvalue weighted by molar-refractivity contribution is -0.137. The van der Waals surface area contributed by atoms with Crippen molar-refractivity contribution in [2.24, 2.45) is 0 Å². The Labute approximate surface area is 106 Å². The predicted molar refractivity (Wildman–Crippen MR) is 64.8 cm³/mol. The Morgan fingerprint density at radius 2 is 1.82 bits per heavy atom. The molecule has 0 saturated heterocycles. The van der Waals surface area contributed by atoms with Crippen molar-refractivity contribution in [3.8, 4) is 0 Å². The van der Waals surface area contributed by atoms with Gasteiger partial charge in [-0.25, -0.2) is 0 Å². The molecule has 96 valence electrons. The van der Waals surface area contributed by atoms with E-state index in [2.05, 4.69) is 21.2 Å². The maximum Gasteiger partial charge on any atom is 0.416 e. The number of carbonyl (C=O) groups is 1. The van der Waals surface area contributed by atoms with Gasteiger partial charge in [-0.05, 0) is 34.1 Å². The first-order valence-corrected chi connectivity index (χ1v) is 5.74. The van der Waals surface area contributed by atoms with Crippen LogP contribution >= 0.6 is 15.9 Å². The van der Waals surface area contributed by atoms with Gasteiger partial charge in [-0.1, -0.05) is 13.8 Å². The molecule has 0 atom stereocenters. The summed E-state index contributed by atoms with van der Waals surface area (Å²) in [5.74, 6) is -0.421. The van der Waals surface area contributed by atoms with E-state index in [1.807, 2.05) is 13.8 Å². The van der Waals surface area contributed by atoms with Gasteiger partial charge >= 0.3 is 6.18 Å². The van der Waals surface area contributed by atoms with Crippen LogP contribution in [0, 0.1) is 0 Å². The summed E-state index contributed by atoms with van der Waals surface area (Å²) in [5.41, 5.74) is -0.688. The molecule has 0 aromatic heterocycles. The molecular weight excluding hydrogens is 299 g/mol. The summed E-state index contributed by atoms with van der Waals surface area (Å²) in [7, 11) is 0. The predicted octanol–water partition coefficient (Wildman–Crippen LogP) is 4.45. The van der Waals surface area contributed by atoms with Gasteiger partial charge in [-0.2, -0.15) is 13.2 Å². The van der Waals surface area contributed by atoms with Crippen molar-refractivity contribution in [1.82, 2.24) is 0 Å². The van der Waals surface area contributed by atoms with Crippen LogP contribution in [0.3, 0.4) is 0 Å². The van der Waals surface area contributed by atoms with Crippen molar-refractivity contribution in [2.75, 3.05) is 5.32 Å². The second-order valence-electron chi connectivity index (χ2n) is 2.87. The van der Waals surface area contributed by atoms with Crippen LogP contribution in [0.1, 0.15) is 26.3 Å². The van der Waals surface area contributed by atoms with Crippen molar-refractivity contribution in [3.63, 3.8) is 0 Å². The van der Waals surface area contributed by atoms with Crippen molar-refractivity contribution in [1.29, 1.82) is 0 Å². The Morgan fingerprint density at radius 3 is 2.24 bits per heavy atom. The van der Waals surface area contributed by atoms with Gasteiger partial charge in [-0.3, -0.25) is 4.79 Å². The highest BCUT2D eigenvalue weighted by atomic mass is 79.9. The fraction of sp³-hybridized carbons (Fsp3) is 0.364. The van der Waals surface area contributed by atoms with Crippen LogP contribution in [-0.4, -0.2) is 5.91 Å². The molecule has 0 saturated carbocycles. The lowest BCUT2D eigenvalue weighted by atomic mass is 10.2. The summed E-state index contributed by atoms with van der Waals surface area (Å²) < 4.78 is 37.3. The van der Waals surface area contributed by atoms with E-state index >= 15 is 0 Å². The van der Waals surface area contributed by atoms with E-state index in [4.69, 9.17) is 0 Å². The minimum absolute atomic E-state index is 0.109. The van der Waals surface area contributed by atoms with Crippen LogP contribution in [-0.2, 0) is 11.0 Å². The second-order valence-corrected chi connectivity index (χ2v) is 3.73. The van der Waals surface area contributed by atoms with Crippen LogP contribution in [0.25, 0.3) is 0 Å². The smallest absolute Gasteiger partial charge is 0.325 e. The monoisotopic (exact) mass is 311 g/mol. The molecule has 0 spiro atoms. The molecule has 0 unspecified atom stereocenters. The van der Waals surface area contributed by atoms with E-state index in [0.29, 0.717) is 4.47 Å². The summed E-state index contributed by atoms with van der Waals surface area (Å²) in [6, 6.07) is 3.06. The standard InChI is InChI=1S/C9H7BrF3NO.C2H6/c1-5(15)14-8-4-6(9(11,12)13)2-3-7(8)10;1-2/h2-4H,1H3,(H,14,15);1-2H3. The zero-order valence-corrected chi connectivity index (χ0v) is 11.2. The normalized spacial score (nSPS) is 10.3. The first kappa shape index (κ1) is 16.0. The Bertz CT molecular complexity index is 391. The summed E-state index contributed by atoms with van der Waals surface area (Å²) in [6.07, 6.45) is -4.41. The van der Waals surface area contributed by atoms with E-state index in [1.54, 1.807) is 0 Å². The van der Waals surface area contributed by atoms with E-state index in [0.717, 1.165) is 12.1 Å². The van der Waals surface area contributed by atoms with Crippen molar-refractivity contribution >= 4 is 27.5 Å². The van der Waals surface area contributed by atoms with Crippen LogP contribution in [0.5, 0.6) is 0 Å². The Morgan fingerprint density at radius 1 is 1.29 bits per heavy atom. The third kappa shape index (κ3) is 5.21. The summed E-state index contributed by atoms with van der Waals surface area (Å²) in [4.78, 5) is 10.7. The number of benzene rings is 1. The first-order chi connectivity index (χ1) is 7.80. The highest BCUT2D eigenvalue weighted by Gasteiger charge is 2.30. The number of rotatable bonds is 1. The van der Waals surface area contributed by atoms with E-state index in [9.17, 15) is 18.0 Å². The maximum atomic E-state index is 12.3. The lowest BCUT2D eigenvalue weighted by Crippen LogP contribution is -2.09. The van der Waals surface area contributed by atoms with Crippen molar-refractivity contribution in [3.05, 3.63) is 28.2 Å². The average molecular weight is 312 g/mol. The van der Waals surface area contributed by atoms with E-state index in [-0.39, 0.29) is 5.69 Å². The third-order valence-electron chi connectivity index (χ3n) is 1.60. The molecule has 0 bridgehead atoms. The van der Waals surface area contributed by atoms with Gasteiger partial charge in [-0.15, -0.1) is 0 Å². The molecule has 0 fully saturated rings. The molecule has 1 rings (SSSR count). The molecule has 1 N–H and O–H groups in total. The largest absolute Gasteiger partial charge is 0.416 e. The zero-order chi connectivity index (χ0) is 13.6. The molecular formula is C11H13BrF3NO. The molecule has 0 radical (unpaired) electrons. The number of carbonyl (C=O) groups excluding carboxylic acids is 1. The number of anilines is 1. The topological polar surface area (TPSA) is 29.1 Å². The number of halogens is 4. The molecule has 1 aromatic rings. The average Bonchev–Trinajstić information content (AvgIpc) is 2.22. The molecule has 2 nitrogen and oxygen atoms in total. The quantitative estimate of drug-likeness (QED) is 0.815. The minimum atomic E-state index is -4.41. The van der Waals surface area contributed by atoms with Gasteiger partial charge in [0.25, 0.3) is 0 Å². The minimum Gasteiger partial charge on any atom is -0.325 e. The number of hydrogen-bond acceptors (Lipinski definition) is 1. The van der Waals surface area contributed by atoms with Crippen LogP contribution in [0.4, 0.5) is 18.9 Å². The number of nitrogens with one attached hydrogen (secondary N) is 1. The molecule has 0 heterocycles. The molecule has 0 aliphatic heterocycles. The SMILES string of the molecule is CC.CC(=O)Nc1cc(C(F)(F)F)ccc1Br. The van der Waals surface area contributed by atoms with Crippen LogP contribution in [0.2, 0.25) is 0 Å². The van der Waals surface area contributed by atoms with Crippen molar-refractivity contribution in [2.45, 2.75) is 26.9 Å². The van der Waals surface area contributed by atoms with Crippen LogP contribution in [0.15, 0.2) is 22.7 Å². The van der Waals surface area contributed by atoms with Gasteiger partial charge < -0.3 is 5.32 Å². The van der Waals surface area contributed by atoms with Gasteiger partial charge in [0.1, 0.15) is 0 Å². The van der Waals surface area contributed by atoms with Crippen molar-refractivity contribution < 1.29 is 18.0 Å². The Hall–Kier alpha value is -1.04. The van der Waals surface area contributed by atoms with Gasteiger partial charge in [0.2, 0.25) is 5.91 Å². The fourth-order valence-corrected chi connectivity index (χ4v) is 1.33. The third-order valence-corrected chi connectivity index (χ3v) is 2.30. The molecule has 6 heteroatoms. The molecule has 1 aromatic carbocycles. The zero-order valence-electron chi connectivity index (χ0n) is 9.65. The molecule has 1 amide bonds. The summed E-state index contributed by atoms with van der Waals surface area (Å²) in [5, 5.41) is 2.30. The number of amides is 1. The number of alkyl halides is 3. The second kappa shape index (κ2) is 6.64. The highest BCUT2D eigenvalue weighted by molar-refractivity contribution is 9.10.